The van der Waals surface area contributed by atoms with E-state index >= 15 is 0 Å². The van der Waals surface area contributed by atoms with E-state index in [0.29, 0.717) is 5.56 Å². The van der Waals surface area contributed by atoms with Crippen molar-refractivity contribution in [3.05, 3.63) is 53.6 Å². The van der Waals surface area contributed by atoms with Crippen LogP contribution in [0.4, 0.5) is 0 Å². The SMILES string of the molecule is CNC(=O)C(NC(=O)c1nc[nH]c1C(=O)O)c1ccccc1. The molecule has 2 rings (SSSR count). The van der Waals surface area contributed by atoms with Crippen LogP contribution >= 0.6 is 0 Å². The van der Waals surface area contributed by atoms with Crippen LogP contribution in [-0.2, 0) is 4.79 Å². The zero-order valence-corrected chi connectivity index (χ0v) is 11.7. The number of carboxylic acids is 1. The van der Waals surface area contributed by atoms with E-state index in [1.807, 2.05) is 0 Å². The van der Waals surface area contributed by atoms with Gasteiger partial charge >= 0.3 is 5.97 Å². The van der Waals surface area contributed by atoms with Crippen molar-refractivity contribution in [2.75, 3.05) is 7.05 Å². The zero-order chi connectivity index (χ0) is 16.1. The number of imidazole rings is 1. The molecular formula is C14H14N4O4. The van der Waals surface area contributed by atoms with E-state index in [9.17, 15) is 14.4 Å². The predicted octanol–water partition coefficient (Wildman–Crippen LogP) is 0.325. The fourth-order valence-electron chi connectivity index (χ4n) is 1.92. The van der Waals surface area contributed by atoms with Crippen LogP contribution in [0.2, 0.25) is 0 Å². The summed E-state index contributed by atoms with van der Waals surface area (Å²) in [5.74, 6) is -2.48. The van der Waals surface area contributed by atoms with E-state index in [-0.39, 0.29) is 11.4 Å². The van der Waals surface area contributed by atoms with Gasteiger partial charge in [0.15, 0.2) is 11.4 Å². The normalized spacial score (nSPS) is 11.5. The average molecular weight is 302 g/mol. The molecule has 114 valence electrons. The van der Waals surface area contributed by atoms with Crippen LogP contribution < -0.4 is 10.6 Å². The van der Waals surface area contributed by atoms with Gasteiger partial charge in [0.2, 0.25) is 5.91 Å². The number of nitrogens with one attached hydrogen (secondary N) is 3. The fraction of sp³-hybridized carbons (Fsp3) is 0.143. The second kappa shape index (κ2) is 6.53. The highest BCUT2D eigenvalue weighted by molar-refractivity contribution is 6.03. The Kier molecular flexibility index (Phi) is 4.52. The number of aromatic nitrogens is 2. The van der Waals surface area contributed by atoms with Crippen molar-refractivity contribution in [2.45, 2.75) is 6.04 Å². The first-order chi connectivity index (χ1) is 10.5. The summed E-state index contributed by atoms with van der Waals surface area (Å²) in [6.07, 6.45) is 1.11. The molecule has 4 N–H and O–H groups in total. The van der Waals surface area contributed by atoms with Gasteiger partial charge < -0.3 is 20.7 Å². The lowest BCUT2D eigenvalue weighted by atomic mass is 10.1. The minimum atomic E-state index is -1.31. The first-order valence-corrected chi connectivity index (χ1v) is 6.38. The number of carbonyl (C=O) groups is 3. The topological polar surface area (TPSA) is 124 Å². The molecule has 0 aliphatic rings. The second-order valence-electron chi connectivity index (χ2n) is 4.36. The van der Waals surface area contributed by atoms with Gasteiger partial charge in [0.25, 0.3) is 5.91 Å². The molecule has 1 aromatic carbocycles. The molecule has 0 fully saturated rings. The van der Waals surface area contributed by atoms with Crippen LogP contribution in [0.25, 0.3) is 0 Å². The Hall–Kier alpha value is -3.16. The van der Waals surface area contributed by atoms with Gasteiger partial charge in [-0.2, -0.15) is 0 Å². The quantitative estimate of drug-likeness (QED) is 0.633. The first kappa shape index (κ1) is 15.2. The molecule has 0 saturated carbocycles. The van der Waals surface area contributed by atoms with Crippen molar-refractivity contribution in [2.24, 2.45) is 0 Å². The van der Waals surface area contributed by atoms with Crippen LogP contribution in [0.15, 0.2) is 36.7 Å². The molecule has 0 aliphatic heterocycles. The molecule has 1 heterocycles. The van der Waals surface area contributed by atoms with Crippen molar-refractivity contribution in [3.63, 3.8) is 0 Å². The Morgan fingerprint density at radius 3 is 2.50 bits per heavy atom. The summed E-state index contributed by atoms with van der Waals surface area (Å²) in [6, 6.07) is 7.66. The van der Waals surface area contributed by atoms with Gasteiger partial charge in [-0.15, -0.1) is 0 Å². The molecule has 8 nitrogen and oxygen atoms in total. The third kappa shape index (κ3) is 3.11. The van der Waals surface area contributed by atoms with E-state index in [2.05, 4.69) is 20.6 Å². The molecule has 0 bridgehead atoms. The summed E-state index contributed by atoms with van der Waals surface area (Å²) in [5, 5.41) is 13.9. The lowest BCUT2D eigenvalue weighted by Gasteiger charge is -2.17. The highest BCUT2D eigenvalue weighted by Gasteiger charge is 2.26. The number of rotatable bonds is 5. The Morgan fingerprint density at radius 2 is 1.91 bits per heavy atom. The maximum Gasteiger partial charge on any atom is 0.354 e. The maximum absolute atomic E-state index is 12.2. The molecule has 0 spiro atoms. The van der Waals surface area contributed by atoms with Crippen LogP contribution in [0.3, 0.4) is 0 Å². The van der Waals surface area contributed by atoms with E-state index in [0.717, 1.165) is 6.33 Å². The molecule has 1 atom stereocenters. The first-order valence-electron chi connectivity index (χ1n) is 6.38. The molecule has 22 heavy (non-hydrogen) atoms. The molecule has 2 aromatic rings. The molecule has 1 aromatic heterocycles. The van der Waals surface area contributed by atoms with Crippen molar-refractivity contribution in [1.29, 1.82) is 0 Å². The lowest BCUT2D eigenvalue weighted by molar-refractivity contribution is -0.122. The smallest absolute Gasteiger partial charge is 0.354 e. The van der Waals surface area contributed by atoms with Crippen molar-refractivity contribution >= 4 is 17.8 Å². The molecule has 8 heteroatoms. The summed E-state index contributed by atoms with van der Waals surface area (Å²) in [7, 11) is 1.45. The van der Waals surface area contributed by atoms with Crippen LogP contribution in [0.5, 0.6) is 0 Å². The van der Waals surface area contributed by atoms with E-state index in [1.165, 1.54) is 7.05 Å². The predicted molar refractivity (Wildman–Crippen MR) is 76.3 cm³/mol. The number of hydrogen-bond acceptors (Lipinski definition) is 4. The molecular weight excluding hydrogens is 288 g/mol. The molecule has 1 unspecified atom stereocenters. The summed E-state index contributed by atoms with van der Waals surface area (Å²) >= 11 is 0. The van der Waals surface area contributed by atoms with E-state index in [4.69, 9.17) is 5.11 Å². The number of aromatic amines is 1. The Labute approximate surface area is 125 Å². The molecule has 0 aliphatic carbocycles. The fourth-order valence-corrected chi connectivity index (χ4v) is 1.92. The van der Waals surface area contributed by atoms with E-state index < -0.39 is 23.8 Å². The number of H-pyrrole nitrogens is 1. The third-order valence-corrected chi connectivity index (χ3v) is 2.99. The Bertz CT molecular complexity index is 696. The van der Waals surface area contributed by atoms with Gasteiger partial charge in [-0.25, -0.2) is 9.78 Å². The largest absolute Gasteiger partial charge is 0.477 e. The van der Waals surface area contributed by atoms with Gasteiger partial charge in [0.05, 0.1) is 6.33 Å². The summed E-state index contributed by atoms with van der Waals surface area (Å²) in [4.78, 5) is 41.2. The molecule has 2 amide bonds. The summed E-state index contributed by atoms with van der Waals surface area (Å²) in [6.45, 7) is 0. The Morgan fingerprint density at radius 1 is 1.23 bits per heavy atom. The van der Waals surface area contributed by atoms with Crippen molar-refractivity contribution in [3.8, 4) is 0 Å². The van der Waals surface area contributed by atoms with Crippen molar-refractivity contribution < 1.29 is 19.5 Å². The zero-order valence-electron chi connectivity index (χ0n) is 11.7. The van der Waals surface area contributed by atoms with Crippen LogP contribution in [-0.4, -0.2) is 39.9 Å². The Balaban J connectivity index is 2.28. The number of aromatic carboxylic acids is 1. The van der Waals surface area contributed by atoms with Gasteiger partial charge in [0.1, 0.15) is 6.04 Å². The van der Waals surface area contributed by atoms with E-state index in [1.54, 1.807) is 30.3 Å². The maximum atomic E-state index is 12.2. The number of hydrogen-bond donors (Lipinski definition) is 4. The summed E-state index contributed by atoms with van der Waals surface area (Å²) < 4.78 is 0. The number of carboxylic acid groups (broad SMARTS) is 1. The monoisotopic (exact) mass is 302 g/mol. The van der Waals surface area contributed by atoms with Crippen molar-refractivity contribution in [1.82, 2.24) is 20.6 Å². The average Bonchev–Trinajstić information content (AvgIpc) is 3.02. The third-order valence-electron chi connectivity index (χ3n) is 2.99. The number of nitrogens with zero attached hydrogens (tertiary/aromatic N) is 1. The number of amides is 2. The highest BCUT2D eigenvalue weighted by atomic mass is 16.4. The summed E-state index contributed by atoms with van der Waals surface area (Å²) in [5.41, 5.74) is -0.0406. The minimum absolute atomic E-state index is 0.280. The number of likely N-dealkylation sites (N-methyl/N-ethyl adjacent to an activating group) is 1. The number of benzene rings is 1. The van der Waals surface area contributed by atoms with Crippen LogP contribution in [0.1, 0.15) is 32.6 Å². The minimum Gasteiger partial charge on any atom is -0.477 e. The van der Waals surface area contributed by atoms with Gasteiger partial charge in [0, 0.05) is 7.05 Å². The van der Waals surface area contributed by atoms with Gasteiger partial charge in [-0.1, -0.05) is 30.3 Å². The second-order valence-corrected chi connectivity index (χ2v) is 4.36. The number of carbonyl (C=O) groups excluding carboxylic acids is 2. The standard InChI is InChI=1S/C14H14N4O4/c1-15-12(19)9(8-5-3-2-4-6-8)18-13(20)10-11(14(21)22)17-7-16-10/h2-7,9H,1H3,(H,15,19)(H,16,17)(H,18,20)(H,21,22). The molecule has 0 saturated heterocycles. The van der Waals surface area contributed by atoms with Gasteiger partial charge in [-0.05, 0) is 5.56 Å². The highest BCUT2D eigenvalue weighted by Crippen LogP contribution is 2.14. The lowest BCUT2D eigenvalue weighted by Crippen LogP contribution is -2.39. The molecule has 0 radical (unpaired) electrons. The van der Waals surface area contributed by atoms with Gasteiger partial charge in [-0.3, -0.25) is 9.59 Å². The van der Waals surface area contributed by atoms with Crippen LogP contribution in [0, 0.1) is 0 Å².